The van der Waals surface area contributed by atoms with E-state index < -0.39 is 0 Å². The molecule has 0 amide bonds. The van der Waals surface area contributed by atoms with E-state index in [9.17, 15) is 4.79 Å². The van der Waals surface area contributed by atoms with Gasteiger partial charge in [0.05, 0.1) is 0 Å². The lowest BCUT2D eigenvalue weighted by atomic mass is 10.1. The Morgan fingerprint density at radius 1 is 1.25 bits per heavy atom. The minimum absolute atomic E-state index is 0.770. The van der Waals surface area contributed by atoms with E-state index >= 15 is 0 Å². The second-order valence-corrected chi connectivity index (χ2v) is 4.44. The van der Waals surface area contributed by atoms with E-state index in [0.29, 0.717) is 0 Å². The second-order valence-electron chi connectivity index (χ2n) is 4.44. The zero-order valence-electron chi connectivity index (χ0n) is 9.72. The fourth-order valence-corrected chi connectivity index (χ4v) is 2.03. The Balaban J connectivity index is 1.95. The molecule has 0 N–H and O–H groups in total. The summed E-state index contributed by atoms with van der Waals surface area (Å²) in [4.78, 5) is 15.5. The summed E-state index contributed by atoms with van der Waals surface area (Å²) in [5.74, 6) is 0. The minimum Gasteiger partial charge on any atom is -0.304 e. The first-order valence-electron chi connectivity index (χ1n) is 5.73. The van der Waals surface area contributed by atoms with Crippen molar-refractivity contribution in [3.8, 4) is 0 Å². The van der Waals surface area contributed by atoms with Gasteiger partial charge in [-0.15, -0.1) is 0 Å². The molecule has 3 nitrogen and oxygen atoms in total. The van der Waals surface area contributed by atoms with E-state index in [2.05, 4.69) is 22.9 Å². The van der Waals surface area contributed by atoms with Crippen molar-refractivity contribution in [1.29, 1.82) is 0 Å². The molecule has 1 aliphatic rings. The average molecular weight is 218 g/mol. The first-order chi connectivity index (χ1) is 7.78. The molecule has 0 aliphatic carbocycles. The fourth-order valence-electron chi connectivity index (χ4n) is 2.03. The van der Waals surface area contributed by atoms with Gasteiger partial charge in [0.25, 0.3) is 0 Å². The Morgan fingerprint density at radius 2 is 2.00 bits per heavy atom. The van der Waals surface area contributed by atoms with E-state index in [1.165, 1.54) is 5.56 Å². The Hall–Kier alpha value is -1.19. The molecule has 86 valence electrons. The maximum atomic E-state index is 10.7. The van der Waals surface area contributed by atoms with Crippen LogP contribution in [-0.4, -0.2) is 49.3 Å². The summed E-state index contributed by atoms with van der Waals surface area (Å²) >= 11 is 0. The zero-order valence-corrected chi connectivity index (χ0v) is 9.72. The molecule has 1 aromatic carbocycles. The molecular weight excluding hydrogens is 200 g/mol. The normalized spacial score (nSPS) is 18.6. The lowest BCUT2D eigenvalue weighted by Gasteiger charge is -2.32. The van der Waals surface area contributed by atoms with Gasteiger partial charge >= 0.3 is 0 Å². The first-order valence-corrected chi connectivity index (χ1v) is 5.73. The number of aldehydes is 1. The summed E-state index contributed by atoms with van der Waals surface area (Å²) in [6.07, 6.45) is 0.910. The number of carbonyl (C=O) groups excluding carboxylic acids is 1. The van der Waals surface area contributed by atoms with Crippen LogP contribution in [0.3, 0.4) is 0 Å². The van der Waals surface area contributed by atoms with Crippen LogP contribution < -0.4 is 0 Å². The summed E-state index contributed by atoms with van der Waals surface area (Å²) in [5, 5.41) is 0. The van der Waals surface area contributed by atoms with Crippen LogP contribution in [0, 0.1) is 0 Å². The van der Waals surface area contributed by atoms with Gasteiger partial charge in [0.15, 0.2) is 0 Å². The summed E-state index contributed by atoms with van der Waals surface area (Å²) in [5.41, 5.74) is 2.00. The number of benzene rings is 1. The number of likely N-dealkylation sites (N-methyl/N-ethyl adjacent to an activating group) is 1. The number of hydrogen-bond acceptors (Lipinski definition) is 3. The van der Waals surface area contributed by atoms with Crippen molar-refractivity contribution in [2.24, 2.45) is 0 Å². The van der Waals surface area contributed by atoms with E-state index in [1.54, 1.807) is 0 Å². The second kappa shape index (κ2) is 5.23. The predicted octanol–water partition coefficient (Wildman–Crippen LogP) is 1.25. The summed E-state index contributed by atoms with van der Waals surface area (Å²) in [6, 6.07) is 7.87. The van der Waals surface area contributed by atoms with Gasteiger partial charge in [-0.2, -0.15) is 0 Å². The number of carbonyl (C=O) groups is 1. The van der Waals surface area contributed by atoms with Gasteiger partial charge in [-0.1, -0.05) is 18.2 Å². The van der Waals surface area contributed by atoms with E-state index in [0.717, 1.165) is 44.6 Å². The van der Waals surface area contributed by atoms with Crippen LogP contribution in [0.5, 0.6) is 0 Å². The molecule has 0 radical (unpaired) electrons. The molecule has 0 spiro atoms. The van der Waals surface area contributed by atoms with Crippen LogP contribution >= 0.6 is 0 Å². The van der Waals surface area contributed by atoms with Crippen LogP contribution in [0.2, 0.25) is 0 Å². The maximum absolute atomic E-state index is 10.7. The lowest BCUT2D eigenvalue weighted by Crippen LogP contribution is -2.43. The van der Waals surface area contributed by atoms with E-state index in [-0.39, 0.29) is 0 Å². The summed E-state index contributed by atoms with van der Waals surface area (Å²) < 4.78 is 0. The van der Waals surface area contributed by atoms with Gasteiger partial charge in [0.1, 0.15) is 6.29 Å². The summed E-state index contributed by atoms with van der Waals surface area (Å²) in [6.45, 7) is 5.44. The molecule has 2 rings (SSSR count). The Kier molecular flexibility index (Phi) is 3.70. The third-order valence-electron chi connectivity index (χ3n) is 3.09. The van der Waals surface area contributed by atoms with Crippen molar-refractivity contribution in [1.82, 2.24) is 9.80 Å². The average Bonchev–Trinajstić information content (AvgIpc) is 2.32. The number of hydrogen-bond donors (Lipinski definition) is 0. The smallest absolute Gasteiger partial charge is 0.150 e. The van der Waals surface area contributed by atoms with Crippen LogP contribution in [0.15, 0.2) is 24.3 Å². The minimum atomic E-state index is 0.770. The molecule has 1 fully saturated rings. The highest BCUT2D eigenvalue weighted by Crippen LogP contribution is 2.09. The highest BCUT2D eigenvalue weighted by Gasteiger charge is 2.13. The third kappa shape index (κ3) is 2.90. The van der Waals surface area contributed by atoms with Gasteiger partial charge < -0.3 is 4.90 Å². The third-order valence-corrected chi connectivity index (χ3v) is 3.09. The van der Waals surface area contributed by atoms with Gasteiger partial charge in [-0.3, -0.25) is 9.69 Å². The zero-order chi connectivity index (χ0) is 11.4. The molecule has 0 bridgehead atoms. The van der Waals surface area contributed by atoms with Gasteiger partial charge in [-0.25, -0.2) is 0 Å². The van der Waals surface area contributed by atoms with E-state index in [4.69, 9.17) is 0 Å². The van der Waals surface area contributed by atoms with Crippen molar-refractivity contribution >= 4 is 6.29 Å². The molecule has 0 atom stereocenters. The topological polar surface area (TPSA) is 23.6 Å². The van der Waals surface area contributed by atoms with Crippen molar-refractivity contribution < 1.29 is 4.79 Å². The van der Waals surface area contributed by atoms with Crippen LogP contribution in [-0.2, 0) is 6.54 Å². The van der Waals surface area contributed by atoms with Crippen LogP contribution in [0.4, 0.5) is 0 Å². The molecule has 1 aromatic rings. The molecule has 0 aromatic heterocycles. The number of nitrogens with zero attached hydrogens (tertiary/aromatic N) is 2. The lowest BCUT2D eigenvalue weighted by molar-refractivity contribution is 0.112. The molecular formula is C13H18N2O. The molecule has 1 heterocycles. The van der Waals surface area contributed by atoms with Crippen molar-refractivity contribution in [2.75, 3.05) is 33.2 Å². The molecule has 16 heavy (non-hydrogen) atoms. The largest absolute Gasteiger partial charge is 0.304 e. The van der Waals surface area contributed by atoms with Gasteiger partial charge in [-0.05, 0) is 18.7 Å². The number of rotatable bonds is 3. The Bertz CT molecular complexity index is 357. The van der Waals surface area contributed by atoms with Gasteiger partial charge in [0.2, 0.25) is 0 Å². The SMILES string of the molecule is CN1CCN(Cc2cccc(C=O)c2)CC1. The summed E-state index contributed by atoms with van der Waals surface area (Å²) in [7, 11) is 2.16. The quantitative estimate of drug-likeness (QED) is 0.713. The standard InChI is InChI=1S/C13H18N2O/c1-14-5-7-15(8-6-14)10-12-3-2-4-13(9-12)11-16/h2-4,9,11H,5-8,10H2,1H3. The fraction of sp³-hybridized carbons (Fsp3) is 0.462. The predicted molar refractivity (Wildman–Crippen MR) is 64.6 cm³/mol. The van der Waals surface area contributed by atoms with Crippen LogP contribution in [0.1, 0.15) is 15.9 Å². The monoisotopic (exact) mass is 218 g/mol. The first kappa shape index (κ1) is 11.3. The van der Waals surface area contributed by atoms with Crippen LogP contribution in [0.25, 0.3) is 0 Å². The highest BCUT2D eigenvalue weighted by molar-refractivity contribution is 5.74. The van der Waals surface area contributed by atoms with Gasteiger partial charge in [0, 0.05) is 38.3 Å². The number of piperazine rings is 1. The molecule has 0 saturated carbocycles. The van der Waals surface area contributed by atoms with E-state index in [1.807, 2.05) is 18.2 Å². The molecule has 1 aliphatic heterocycles. The Morgan fingerprint density at radius 3 is 2.69 bits per heavy atom. The van der Waals surface area contributed by atoms with Crippen molar-refractivity contribution in [2.45, 2.75) is 6.54 Å². The Labute approximate surface area is 96.7 Å². The molecule has 0 unspecified atom stereocenters. The van der Waals surface area contributed by atoms with Crippen molar-refractivity contribution in [3.05, 3.63) is 35.4 Å². The van der Waals surface area contributed by atoms with Crippen molar-refractivity contribution in [3.63, 3.8) is 0 Å². The maximum Gasteiger partial charge on any atom is 0.150 e. The molecule has 1 saturated heterocycles. The molecule has 3 heteroatoms. The highest BCUT2D eigenvalue weighted by atomic mass is 16.1.